The fourth-order valence-electron chi connectivity index (χ4n) is 6.73. The van der Waals surface area contributed by atoms with Crippen LogP contribution < -0.4 is 10.6 Å². The van der Waals surface area contributed by atoms with E-state index in [9.17, 15) is 14.4 Å². The lowest BCUT2D eigenvalue weighted by molar-refractivity contribution is -0.142. The molecule has 4 aromatic carbocycles. The molecule has 0 fully saturated rings. The van der Waals surface area contributed by atoms with Gasteiger partial charge in [0.15, 0.2) is 0 Å². The van der Waals surface area contributed by atoms with Crippen molar-refractivity contribution >= 4 is 35.2 Å². The number of rotatable bonds is 13. The monoisotopic (exact) mass is 696 g/mol. The second-order valence-electron chi connectivity index (χ2n) is 12.2. The van der Waals surface area contributed by atoms with Crippen molar-refractivity contribution in [2.45, 2.75) is 24.4 Å². The highest BCUT2D eigenvalue weighted by molar-refractivity contribution is 7.98. The summed E-state index contributed by atoms with van der Waals surface area (Å²) in [4.78, 5) is 44.6. The van der Waals surface area contributed by atoms with Gasteiger partial charge in [0.2, 0.25) is 0 Å². The van der Waals surface area contributed by atoms with Crippen LogP contribution in [0.15, 0.2) is 146 Å². The zero-order valence-corrected chi connectivity index (χ0v) is 29.4. The number of esters is 1. The number of carbonyl (C=O) groups excluding carboxylic acids is 3. The number of nitrogens with zero attached hydrogens (tertiary/aromatic N) is 2. The molecule has 8 nitrogen and oxygen atoms in total. The molecule has 2 amide bonds. The molecule has 1 heterocycles. The first kappa shape index (κ1) is 35.2. The van der Waals surface area contributed by atoms with E-state index in [1.54, 1.807) is 36.3 Å². The Labute approximate surface area is 302 Å². The molecule has 9 heteroatoms. The summed E-state index contributed by atoms with van der Waals surface area (Å²) < 4.78 is 7.00. The van der Waals surface area contributed by atoms with Gasteiger partial charge in [0.05, 0.1) is 13.4 Å². The van der Waals surface area contributed by atoms with E-state index in [0.717, 1.165) is 23.1 Å². The molecule has 6 rings (SSSR count). The molecule has 51 heavy (non-hydrogen) atoms. The number of allylic oxidation sites excluding steroid dienone is 4. The molecule has 0 bridgehead atoms. The molecule has 2 atom stereocenters. The van der Waals surface area contributed by atoms with Crippen LogP contribution in [0.25, 0.3) is 11.1 Å². The van der Waals surface area contributed by atoms with E-state index >= 15 is 0 Å². The minimum atomic E-state index is -0.785. The van der Waals surface area contributed by atoms with Gasteiger partial charge in [0.1, 0.15) is 17.3 Å². The Hall–Kier alpha value is -5.67. The van der Waals surface area contributed by atoms with Crippen molar-refractivity contribution in [1.29, 1.82) is 0 Å². The van der Waals surface area contributed by atoms with E-state index in [1.165, 1.54) is 7.11 Å². The Bertz CT molecular complexity index is 1990. The van der Waals surface area contributed by atoms with Gasteiger partial charge in [-0.25, -0.2) is 9.78 Å². The molecule has 0 saturated carbocycles. The number of anilines is 1. The van der Waals surface area contributed by atoms with Crippen molar-refractivity contribution < 1.29 is 19.1 Å². The van der Waals surface area contributed by atoms with Crippen molar-refractivity contribution in [2.75, 3.05) is 24.4 Å². The number of imidazole rings is 1. The molecule has 258 valence electrons. The van der Waals surface area contributed by atoms with E-state index < -0.39 is 23.5 Å². The topological polar surface area (TPSA) is 102 Å². The fourth-order valence-corrected chi connectivity index (χ4v) is 7.20. The van der Waals surface area contributed by atoms with Crippen LogP contribution in [-0.4, -0.2) is 52.5 Å². The first-order chi connectivity index (χ1) is 24.9. The van der Waals surface area contributed by atoms with Gasteiger partial charge >= 0.3 is 5.97 Å². The predicted molar refractivity (Wildman–Crippen MR) is 204 cm³/mol. The van der Waals surface area contributed by atoms with Crippen molar-refractivity contribution in [2.24, 2.45) is 5.92 Å². The molecule has 1 unspecified atom stereocenters. The predicted octanol–water partition coefficient (Wildman–Crippen LogP) is 7.75. The van der Waals surface area contributed by atoms with Crippen LogP contribution in [0, 0.1) is 5.92 Å². The number of carbonyl (C=O) groups is 3. The molecule has 2 N–H and O–H groups in total. The second-order valence-corrected chi connectivity index (χ2v) is 13.2. The number of nitrogens with one attached hydrogen (secondary N) is 2. The van der Waals surface area contributed by atoms with Crippen molar-refractivity contribution in [3.63, 3.8) is 0 Å². The third-order valence-electron chi connectivity index (χ3n) is 9.18. The van der Waals surface area contributed by atoms with Gasteiger partial charge in [-0.05, 0) is 65.3 Å². The van der Waals surface area contributed by atoms with Crippen LogP contribution in [0.3, 0.4) is 0 Å². The van der Waals surface area contributed by atoms with Crippen LogP contribution in [0.5, 0.6) is 0 Å². The summed E-state index contributed by atoms with van der Waals surface area (Å²) in [6.07, 6.45) is 15.3. The molecule has 1 aliphatic carbocycles. The van der Waals surface area contributed by atoms with Gasteiger partial charge in [-0.3, -0.25) is 9.59 Å². The van der Waals surface area contributed by atoms with Gasteiger partial charge in [0.25, 0.3) is 11.8 Å². The van der Waals surface area contributed by atoms with Crippen LogP contribution in [0.1, 0.15) is 44.8 Å². The van der Waals surface area contributed by atoms with Gasteiger partial charge < -0.3 is 19.9 Å². The highest BCUT2D eigenvalue weighted by atomic mass is 32.2. The molecular formula is C42H40N4O4S. The van der Waals surface area contributed by atoms with E-state index in [1.807, 2.05) is 79.2 Å². The van der Waals surface area contributed by atoms with Gasteiger partial charge in [-0.1, -0.05) is 115 Å². The van der Waals surface area contributed by atoms with E-state index in [2.05, 4.69) is 68.8 Å². The minimum Gasteiger partial charge on any atom is -0.467 e. The average Bonchev–Trinajstić information content (AvgIpc) is 3.69. The van der Waals surface area contributed by atoms with Crippen molar-refractivity contribution in [3.8, 4) is 11.1 Å². The summed E-state index contributed by atoms with van der Waals surface area (Å²) >= 11 is 1.58. The van der Waals surface area contributed by atoms with Crippen LogP contribution in [-0.2, 0) is 15.1 Å². The summed E-state index contributed by atoms with van der Waals surface area (Å²) in [7, 11) is 1.31. The minimum absolute atomic E-state index is 0.0454. The van der Waals surface area contributed by atoms with Gasteiger partial charge in [0, 0.05) is 23.4 Å². The maximum atomic E-state index is 13.9. The summed E-state index contributed by atoms with van der Waals surface area (Å²) in [6.45, 7) is 0. The molecular weight excluding hydrogens is 657 g/mol. The largest absolute Gasteiger partial charge is 0.467 e. The van der Waals surface area contributed by atoms with E-state index in [4.69, 9.17) is 4.74 Å². The molecule has 0 radical (unpaired) electrons. The van der Waals surface area contributed by atoms with Gasteiger partial charge in [-0.2, -0.15) is 11.8 Å². The molecule has 5 aromatic rings. The van der Waals surface area contributed by atoms with Crippen LogP contribution >= 0.6 is 11.8 Å². The third-order valence-corrected chi connectivity index (χ3v) is 9.82. The lowest BCUT2D eigenvalue weighted by Gasteiger charge is -2.42. The van der Waals surface area contributed by atoms with Crippen LogP contribution in [0.2, 0.25) is 0 Å². The number of amides is 2. The smallest absolute Gasteiger partial charge is 0.328 e. The highest BCUT2D eigenvalue weighted by Crippen LogP contribution is 2.44. The Morgan fingerprint density at radius 2 is 1.57 bits per heavy atom. The van der Waals surface area contributed by atoms with E-state index in [-0.39, 0.29) is 17.5 Å². The highest BCUT2D eigenvalue weighted by Gasteiger charge is 2.43. The lowest BCUT2D eigenvalue weighted by Crippen LogP contribution is -2.42. The molecule has 1 aromatic heterocycles. The number of benzene rings is 4. The number of methoxy groups -OCH3 is 1. The molecule has 0 aliphatic heterocycles. The summed E-state index contributed by atoms with van der Waals surface area (Å²) in [5.74, 6) is -0.572. The molecule has 0 saturated heterocycles. The second kappa shape index (κ2) is 16.4. The van der Waals surface area contributed by atoms with Crippen molar-refractivity contribution in [1.82, 2.24) is 14.9 Å². The maximum absolute atomic E-state index is 13.9. The summed E-state index contributed by atoms with van der Waals surface area (Å²) in [5.41, 5.74) is 3.98. The Morgan fingerprint density at radius 3 is 2.18 bits per heavy atom. The first-order valence-corrected chi connectivity index (χ1v) is 18.2. The molecule has 1 aliphatic rings. The first-order valence-electron chi connectivity index (χ1n) is 16.8. The van der Waals surface area contributed by atoms with Gasteiger partial charge in [-0.15, -0.1) is 0 Å². The fraction of sp³-hybridized carbons (Fsp3) is 0.190. The number of ether oxygens (including phenoxy) is 1. The SMILES string of the molecule is COC(=O)[C@H](CCSC)NC(=O)c1ccc(NC(=O)c2cn(C(c3ccccc3)(c3ccccc3)C3C=CC=CC3)cn2)cc1-c1ccccc1. The van der Waals surface area contributed by atoms with Crippen molar-refractivity contribution in [3.05, 3.63) is 168 Å². The molecule has 0 spiro atoms. The number of thioether (sulfide) groups is 1. The zero-order valence-electron chi connectivity index (χ0n) is 28.6. The Kier molecular flexibility index (Phi) is 11.3. The number of hydrogen-bond acceptors (Lipinski definition) is 6. The standard InChI is InChI=1S/C42H40N4O4S/c1-50-41(49)37(25-26-51-2)45-39(47)35-24-23-34(27-36(35)30-15-7-3-8-16-30)44-40(48)38-28-46(29-43-38)42(31-17-9-4-10-18-31,32-19-11-5-12-20-32)33-21-13-6-14-22-33/h3-21,23-24,27-29,33,37H,22,25-26H2,1-2H3,(H,44,48)(H,45,47)/t33?,37-/m0/s1. The third kappa shape index (κ3) is 7.59. The number of aromatic nitrogens is 2. The normalized spacial score (nSPS) is 14.4. The lowest BCUT2D eigenvalue weighted by atomic mass is 9.70. The Morgan fingerprint density at radius 1 is 0.902 bits per heavy atom. The summed E-state index contributed by atoms with van der Waals surface area (Å²) in [5, 5.41) is 5.86. The van der Waals surface area contributed by atoms with E-state index in [0.29, 0.717) is 29.0 Å². The number of hydrogen-bond donors (Lipinski definition) is 2. The quantitative estimate of drug-likeness (QED) is 0.122. The average molecular weight is 697 g/mol. The van der Waals surface area contributed by atoms with Crippen LogP contribution in [0.4, 0.5) is 5.69 Å². The Balaban J connectivity index is 1.34. The zero-order chi connectivity index (χ0) is 35.6. The summed E-state index contributed by atoms with van der Waals surface area (Å²) in [6, 6.07) is 34.4. The maximum Gasteiger partial charge on any atom is 0.328 e.